The quantitative estimate of drug-likeness (QED) is 0.700. The van der Waals surface area contributed by atoms with Crippen molar-refractivity contribution >= 4 is 34.0 Å². The SMILES string of the molecule is Fc1c(NCCNc2ccccn2)ccc2c(Cl)ccnc12. The molecule has 22 heavy (non-hydrogen) atoms. The van der Waals surface area contributed by atoms with Gasteiger partial charge in [-0.25, -0.2) is 9.37 Å². The Labute approximate surface area is 132 Å². The predicted octanol–water partition coefficient (Wildman–Crippen LogP) is 3.95. The van der Waals surface area contributed by atoms with E-state index in [1.54, 1.807) is 24.4 Å². The van der Waals surface area contributed by atoms with Crippen LogP contribution in [0, 0.1) is 5.82 Å². The smallest absolute Gasteiger partial charge is 0.172 e. The van der Waals surface area contributed by atoms with Crippen molar-refractivity contribution in [1.29, 1.82) is 0 Å². The highest BCUT2D eigenvalue weighted by atomic mass is 35.5. The van der Waals surface area contributed by atoms with Gasteiger partial charge >= 0.3 is 0 Å². The Morgan fingerprint density at radius 2 is 1.82 bits per heavy atom. The Bertz CT molecular complexity index is 780. The summed E-state index contributed by atoms with van der Waals surface area (Å²) in [6.07, 6.45) is 3.22. The third-order valence-electron chi connectivity index (χ3n) is 3.21. The van der Waals surface area contributed by atoms with E-state index in [4.69, 9.17) is 11.6 Å². The number of hydrogen-bond acceptors (Lipinski definition) is 4. The molecule has 0 saturated heterocycles. The largest absolute Gasteiger partial charge is 0.381 e. The Balaban J connectivity index is 1.66. The van der Waals surface area contributed by atoms with Gasteiger partial charge in [-0.2, -0.15) is 0 Å². The van der Waals surface area contributed by atoms with Crippen LogP contribution >= 0.6 is 11.6 Å². The monoisotopic (exact) mass is 316 g/mol. The summed E-state index contributed by atoms with van der Waals surface area (Å²) in [5.41, 5.74) is 0.681. The summed E-state index contributed by atoms with van der Waals surface area (Å²) >= 11 is 6.03. The van der Waals surface area contributed by atoms with Crippen LogP contribution in [0.15, 0.2) is 48.8 Å². The lowest BCUT2D eigenvalue weighted by molar-refractivity contribution is 0.639. The summed E-state index contributed by atoms with van der Waals surface area (Å²) in [5.74, 6) is 0.398. The van der Waals surface area contributed by atoms with Crippen LogP contribution in [0.5, 0.6) is 0 Å². The lowest BCUT2D eigenvalue weighted by Gasteiger charge is -2.10. The van der Waals surface area contributed by atoms with Gasteiger partial charge < -0.3 is 10.6 Å². The first-order chi connectivity index (χ1) is 10.8. The molecule has 6 heteroatoms. The van der Waals surface area contributed by atoms with Crippen molar-refractivity contribution in [3.8, 4) is 0 Å². The molecule has 0 bridgehead atoms. The fourth-order valence-electron chi connectivity index (χ4n) is 2.14. The maximum Gasteiger partial charge on any atom is 0.172 e. The molecular weight excluding hydrogens is 303 g/mol. The van der Waals surface area contributed by atoms with Crippen molar-refractivity contribution in [2.24, 2.45) is 0 Å². The van der Waals surface area contributed by atoms with E-state index in [-0.39, 0.29) is 5.52 Å². The number of pyridine rings is 2. The third kappa shape index (κ3) is 3.09. The van der Waals surface area contributed by atoms with Gasteiger partial charge in [-0.3, -0.25) is 4.98 Å². The van der Waals surface area contributed by atoms with Crippen LogP contribution in [-0.2, 0) is 0 Å². The van der Waals surface area contributed by atoms with Crippen LogP contribution in [0.25, 0.3) is 10.9 Å². The molecule has 3 rings (SSSR count). The summed E-state index contributed by atoms with van der Waals surface area (Å²) in [5, 5.41) is 7.30. The molecule has 0 aliphatic heterocycles. The van der Waals surface area contributed by atoms with Gasteiger partial charge in [0.25, 0.3) is 0 Å². The predicted molar refractivity (Wildman–Crippen MR) is 87.9 cm³/mol. The molecule has 0 fully saturated rings. The Hall–Kier alpha value is -2.40. The first-order valence-corrected chi connectivity index (χ1v) is 7.25. The average Bonchev–Trinajstić information content (AvgIpc) is 2.55. The highest BCUT2D eigenvalue weighted by molar-refractivity contribution is 6.35. The molecule has 0 aliphatic rings. The first kappa shape index (κ1) is 14.5. The van der Waals surface area contributed by atoms with E-state index in [0.29, 0.717) is 29.2 Å². The van der Waals surface area contributed by atoms with Crippen LogP contribution in [0.1, 0.15) is 0 Å². The summed E-state index contributed by atoms with van der Waals surface area (Å²) in [4.78, 5) is 8.21. The molecule has 3 aromatic rings. The second-order valence-corrected chi connectivity index (χ2v) is 5.09. The number of nitrogens with one attached hydrogen (secondary N) is 2. The number of rotatable bonds is 5. The van der Waals surface area contributed by atoms with Gasteiger partial charge in [-0.15, -0.1) is 0 Å². The normalized spacial score (nSPS) is 10.6. The number of benzene rings is 1. The summed E-state index contributed by atoms with van der Waals surface area (Å²) in [7, 11) is 0. The molecule has 112 valence electrons. The van der Waals surface area contributed by atoms with Crippen molar-refractivity contribution in [2.45, 2.75) is 0 Å². The second-order valence-electron chi connectivity index (χ2n) is 4.68. The number of halogens is 2. The van der Waals surface area contributed by atoms with E-state index in [0.717, 1.165) is 5.82 Å². The minimum atomic E-state index is -0.391. The molecule has 0 atom stereocenters. The van der Waals surface area contributed by atoms with Crippen molar-refractivity contribution in [3.63, 3.8) is 0 Å². The van der Waals surface area contributed by atoms with Gasteiger partial charge in [0.1, 0.15) is 11.3 Å². The van der Waals surface area contributed by atoms with Crippen LogP contribution in [0.2, 0.25) is 5.02 Å². The van der Waals surface area contributed by atoms with Crippen molar-refractivity contribution in [2.75, 3.05) is 23.7 Å². The van der Waals surface area contributed by atoms with E-state index in [1.165, 1.54) is 6.20 Å². The standard InChI is InChI=1S/C16H14ClFN4/c17-12-6-8-22-16-11(12)4-5-13(15(16)18)19-9-10-21-14-3-1-2-7-20-14/h1-8,19H,9-10H2,(H,20,21). The lowest BCUT2D eigenvalue weighted by Crippen LogP contribution is -2.15. The maximum absolute atomic E-state index is 14.4. The van der Waals surface area contributed by atoms with Crippen LogP contribution in [0.4, 0.5) is 15.9 Å². The minimum Gasteiger partial charge on any atom is -0.381 e. The van der Waals surface area contributed by atoms with E-state index < -0.39 is 5.82 Å². The fourth-order valence-corrected chi connectivity index (χ4v) is 2.35. The van der Waals surface area contributed by atoms with Gasteiger partial charge in [-0.1, -0.05) is 17.7 Å². The van der Waals surface area contributed by atoms with Crippen LogP contribution in [-0.4, -0.2) is 23.1 Å². The van der Waals surface area contributed by atoms with E-state index in [2.05, 4.69) is 20.6 Å². The summed E-state index contributed by atoms with van der Waals surface area (Å²) in [6.45, 7) is 1.18. The molecule has 0 radical (unpaired) electrons. The van der Waals surface area contributed by atoms with Gasteiger partial charge in [0, 0.05) is 30.9 Å². The van der Waals surface area contributed by atoms with Gasteiger partial charge in [0.05, 0.1) is 10.7 Å². The molecule has 0 unspecified atom stereocenters. The Kier molecular flexibility index (Phi) is 4.34. The number of aromatic nitrogens is 2. The zero-order valence-corrected chi connectivity index (χ0v) is 12.4. The number of fused-ring (bicyclic) bond motifs is 1. The van der Waals surface area contributed by atoms with Crippen LogP contribution in [0.3, 0.4) is 0 Å². The molecule has 0 spiro atoms. The molecule has 0 saturated carbocycles. The lowest BCUT2D eigenvalue weighted by atomic mass is 10.2. The van der Waals surface area contributed by atoms with E-state index in [9.17, 15) is 4.39 Å². The van der Waals surface area contributed by atoms with Crippen molar-refractivity contribution < 1.29 is 4.39 Å². The zero-order valence-electron chi connectivity index (χ0n) is 11.7. The molecular formula is C16H14ClFN4. The number of nitrogens with zero attached hydrogens (tertiary/aromatic N) is 2. The molecule has 0 aliphatic carbocycles. The molecule has 2 N–H and O–H groups in total. The first-order valence-electron chi connectivity index (χ1n) is 6.87. The van der Waals surface area contributed by atoms with Crippen molar-refractivity contribution in [3.05, 3.63) is 59.6 Å². The van der Waals surface area contributed by atoms with Crippen LogP contribution < -0.4 is 10.6 Å². The molecule has 4 nitrogen and oxygen atoms in total. The number of hydrogen-bond donors (Lipinski definition) is 2. The highest BCUT2D eigenvalue weighted by Crippen LogP contribution is 2.27. The third-order valence-corrected chi connectivity index (χ3v) is 3.54. The maximum atomic E-state index is 14.4. The van der Waals surface area contributed by atoms with Gasteiger partial charge in [0.2, 0.25) is 0 Å². The minimum absolute atomic E-state index is 0.273. The Morgan fingerprint density at radius 1 is 0.955 bits per heavy atom. The van der Waals surface area contributed by atoms with Gasteiger partial charge in [-0.05, 0) is 30.3 Å². The molecule has 2 heterocycles. The zero-order chi connectivity index (χ0) is 15.4. The van der Waals surface area contributed by atoms with E-state index in [1.807, 2.05) is 18.2 Å². The molecule has 2 aromatic heterocycles. The summed E-state index contributed by atoms with van der Waals surface area (Å²) < 4.78 is 14.4. The average molecular weight is 317 g/mol. The second kappa shape index (κ2) is 6.58. The van der Waals surface area contributed by atoms with E-state index >= 15 is 0 Å². The highest BCUT2D eigenvalue weighted by Gasteiger charge is 2.10. The molecule has 1 aromatic carbocycles. The Morgan fingerprint density at radius 3 is 2.64 bits per heavy atom. The number of anilines is 2. The summed E-state index contributed by atoms with van der Waals surface area (Å²) in [6, 6.07) is 10.7. The van der Waals surface area contributed by atoms with Crippen molar-refractivity contribution in [1.82, 2.24) is 9.97 Å². The van der Waals surface area contributed by atoms with Gasteiger partial charge in [0.15, 0.2) is 5.82 Å². The topological polar surface area (TPSA) is 49.8 Å². The fraction of sp³-hybridized carbons (Fsp3) is 0.125. The molecule has 0 amide bonds.